The van der Waals surface area contributed by atoms with Crippen LogP contribution in [0.5, 0.6) is 0 Å². The number of ether oxygens (including phenoxy) is 1. The van der Waals surface area contributed by atoms with E-state index in [0.717, 1.165) is 0 Å². The van der Waals surface area contributed by atoms with Gasteiger partial charge in [-0.2, -0.15) is 0 Å². The van der Waals surface area contributed by atoms with Gasteiger partial charge in [-0.25, -0.2) is 4.99 Å². The van der Waals surface area contributed by atoms with Gasteiger partial charge in [0, 0.05) is 0 Å². The Hall–Kier alpha value is -1.88. The van der Waals surface area contributed by atoms with Crippen LogP contribution >= 0.6 is 0 Å². The number of hydrogen-bond acceptors (Lipinski definition) is 5. The lowest BCUT2D eigenvalue weighted by molar-refractivity contribution is 0.195. The van der Waals surface area contributed by atoms with E-state index in [1.807, 2.05) is 44.2 Å². The molecule has 0 bridgehead atoms. The van der Waals surface area contributed by atoms with Crippen molar-refractivity contribution in [2.24, 2.45) is 10.1 Å². The average molecular weight is 262 g/mol. The number of aliphatic imine (C=N–C) groups is 1. The van der Waals surface area contributed by atoms with Crippen molar-refractivity contribution in [3.05, 3.63) is 35.9 Å². The maximum absolute atomic E-state index is 10.4. The zero-order chi connectivity index (χ0) is 13.9. The number of aliphatic hydroxyl groups is 1. The molecular formula is C14H18N2O3. The van der Waals surface area contributed by atoms with Crippen LogP contribution in [-0.4, -0.2) is 36.0 Å². The molecule has 0 amide bonds. The lowest BCUT2D eigenvalue weighted by atomic mass is 10.0. The molecule has 19 heavy (non-hydrogen) atoms. The van der Waals surface area contributed by atoms with Crippen molar-refractivity contribution in [2.75, 3.05) is 13.7 Å². The number of benzene rings is 1. The minimum Gasteiger partial charge on any atom is -0.474 e. The largest absolute Gasteiger partial charge is 0.474 e. The molecule has 0 saturated heterocycles. The van der Waals surface area contributed by atoms with Crippen molar-refractivity contribution in [2.45, 2.75) is 25.5 Å². The molecule has 0 aromatic heterocycles. The van der Waals surface area contributed by atoms with E-state index in [9.17, 15) is 5.11 Å². The Balaban J connectivity index is 2.30. The molecule has 0 fully saturated rings. The zero-order valence-corrected chi connectivity index (χ0v) is 11.3. The van der Waals surface area contributed by atoms with E-state index in [2.05, 4.69) is 10.1 Å². The van der Waals surface area contributed by atoms with Gasteiger partial charge < -0.3 is 14.7 Å². The van der Waals surface area contributed by atoms with Crippen LogP contribution in [0.2, 0.25) is 0 Å². The number of aliphatic hydroxyl groups excluding tert-OH is 1. The van der Waals surface area contributed by atoms with Gasteiger partial charge in [0.05, 0.1) is 5.54 Å². The number of rotatable bonds is 4. The summed E-state index contributed by atoms with van der Waals surface area (Å²) < 4.78 is 5.50. The molecule has 0 aliphatic carbocycles. The molecule has 2 rings (SSSR count). The topological polar surface area (TPSA) is 63.4 Å². The number of oxime groups is 1. The molecule has 5 nitrogen and oxygen atoms in total. The second-order valence-electron chi connectivity index (χ2n) is 4.99. The summed E-state index contributed by atoms with van der Waals surface area (Å²) in [6.45, 7) is 4.38. The minimum atomic E-state index is -0.922. The highest BCUT2D eigenvalue weighted by Gasteiger charge is 2.32. The Bertz CT molecular complexity index is 495. The standard InChI is InChI=1S/C14H18N2O3/c1-14(2)9-19-13(15-14)11(16-18-3)12(17)10-7-5-4-6-8-10/h4-8,12,17H,9H2,1-3H3/b16-11-. The first-order chi connectivity index (χ1) is 9.03. The van der Waals surface area contributed by atoms with E-state index in [1.165, 1.54) is 7.11 Å². The highest BCUT2D eigenvalue weighted by Crippen LogP contribution is 2.22. The van der Waals surface area contributed by atoms with Gasteiger partial charge in [-0.05, 0) is 19.4 Å². The van der Waals surface area contributed by atoms with Crippen LogP contribution in [0.4, 0.5) is 0 Å². The zero-order valence-electron chi connectivity index (χ0n) is 11.3. The van der Waals surface area contributed by atoms with Crippen molar-refractivity contribution < 1.29 is 14.7 Å². The van der Waals surface area contributed by atoms with Crippen LogP contribution in [0.1, 0.15) is 25.5 Å². The molecule has 1 aromatic rings. The van der Waals surface area contributed by atoms with E-state index in [4.69, 9.17) is 9.57 Å². The monoisotopic (exact) mass is 262 g/mol. The molecule has 0 radical (unpaired) electrons. The second kappa shape index (κ2) is 5.40. The van der Waals surface area contributed by atoms with Gasteiger partial charge in [-0.15, -0.1) is 0 Å². The van der Waals surface area contributed by atoms with Crippen molar-refractivity contribution in [3.8, 4) is 0 Å². The third-order valence-corrected chi connectivity index (χ3v) is 2.75. The molecule has 1 atom stereocenters. The Morgan fingerprint density at radius 1 is 1.42 bits per heavy atom. The lowest BCUT2D eigenvalue weighted by Gasteiger charge is -2.12. The second-order valence-corrected chi connectivity index (χ2v) is 4.99. The number of hydrogen-bond donors (Lipinski definition) is 1. The molecule has 1 unspecified atom stereocenters. The summed E-state index contributed by atoms with van der Waals surface area (Å²) in [6, 6.07) is 9.22. The SMILES string of the molecule is CO/N=C(\C1=NC(C)(C)CO1)C(O)c1ccccc1. The van der Waals surface area contributed by atoms with Crippen molar-refractivity contribution in [1.29, 1.82) is 0 Å². The summed E-state index contributed by atoms with van der Waals surface area (Å²) in [4.78, 5) is 9.20. The third kappa shape index (κ3) is 3.12. The van der Waals surface area contributed by atoms with Crippen LogP contribution in [-0.2, 0) is 9.57 Å². The van der Waals surface area contributed by atoms with Crippen LogP contribution < -0.4 is 0 Å². The van der Waals surface area contributed by atoms with E-state index < -0.39 is 6.10 Å². The quantitative estimate of drug-likeness (QED) is 0.666. The Labute approximate surface area is 112 Å². The number of nitrogens with zero attached hydrogens (tertiary/aromatic N) is 2. The maximum atomic E-state index is 10.4. The molecule has 1 aliphatic rings. The van der Waals surface area contributed by atoms with Gasteiger partial charge in [0.1, 0.15) is 19.8 Å². The molecule has 0 saturated carbocycles. The fourth-order valence-corrected chi connectivity index (χ4v) is 1.81. The van der Waals surface area contributed by atoms with E-state index in [-0.39, 0.29) is 5.54 Å². The minimum absolute atomic E-state index is 0.291. The normalized spacial score (nSPS) is 19.6. The summed E-state index contributed by atoms with van der Waals surface area (Å²) >= 11 is 0. The first kappa shape index (κ1) is 13.5. The highest BCUT2D eigenvalue weighted by atomic mass is 16.6. The fraction of sp³-hybridized carbons (Fsp3) is 0.429. The van der Waals surface area contributed by atoms with Gasteiger partial charge in [0.2, 0.25) is 5.90 Å². The Morgan fingerprint density at radius 2 is 2.11 bits per heavy atom. The molecule has 0 spiro atoms. The summed E-state index contributed by atoms with van der Waals surface area (Å²) in [5.74, 6) is 0.336. The molecular weight excluding hydrogens is 244 g/mol. The van der Waals surface area contributed by atoms with Crippen LogP contribution in [0, 0.1) is 0 Å². The summed E-state index contributed by atoms with van der Waals surface area (Å²) in [7, 11) is 1.43. The predicted octanol–water partition coefficient (Wildman–Crippen LogP) is 1.93. The van der Waals surface area contributed by atoms with Gasteiger partial charge in [-0.1, -0.05) is 35.5 Å². The van der Waals surface area contributed by atoms with E-state index >= 15 is 0 Å². The first-order valence-corrected chi connectivity index (χ1v) is 6.10. The Kier molecular flexibility index (Phi) is 3.85. The lowest BCUT2D eigenvalue weighted by Crippen LogP contribution is -2.23. The maximum Gasteiger partial charge on any atom is 0.238 e. The molecule has 1 aromatic carbocycles. The molecule has 1 N–H and O–H groups in total. The average Bonchev–Trinajstić information content (AvgIpc) is 2.76. The summed E-state index contributed by atoms with van der Waals surface area (Å²) in [5.41, 5.74) is 0.703. The molecule has 102 valence electrons. The van der Waals surface area contributed by atoms with Gasteiger partial charge in [0.25, 0.3) is 0 Å². The fourth-order valence-electron chi connectivity index (χ4n) is 1.81. The summed E-state index contributed by atoms with van der Waals surface area (Å²) in [5, 5.41) is 14.2. The van der Waals surface area contributed by atoms with E-state index in [1.54, 1.807) is 0 Å². The van der Waals surface area contributed by atoms with Crippen LogP contribution in [0.15, 0.2) is 40.5 Å². The van der Waals surface area contributed by atoms with Gasteiger partial charge in [-0.3, -0.25) is 0 Å². The smallest absolute Gasteiger partial charge is 0.238 e. The van der Waals surface area contributed by atoms with E-state index in [0.29, 0.717) is 23.8 Å². The molecule has 1 heterocycles. The predicted molar refractivity (Wildman–Crippen MR) is 73.3 cm³/mol. The van der Waals surface area contributed by atoms with Crippen molar-refractivity contribution in [3.63, 3.8) is 0 Å². The van der Waals surface area contributed by atoms with Crippen LogP contribution in [0.25, 0.3) is 0 Å². The Morgan fingerprint density at radius 3 is 2.63 bits per heavy atom. The van der Waals surface area contributed by atoms with Crippen molar-refractivity contribution in [1.82, 2.24) is 0 Å². The highest BCUT2D eigenvalue weighted by molar-refractivity contribution is 6.40. The molecule has 1 aliphatic heterocycles. The van der Waals surface area contributed by atoms with Gasteiger partial charge >= 0.3 is 0 Å². The first-order valence-electron chi connectivity index (χ1n) is 6.10. The van der Waals surface area contributed by atoms with Gasteiger partial charge in [0.15, 0.2) is 5.71 Å². The molecule has 5 heteroatoms. The summed E-state index contributed by atoms with van der Waals surface area (Å²) in [6.07, 6.45) is -0.922. The third-order valence-electron chi connectivity index (χ3n) is 2.75. The van der Waals surface area contributed by atoms with Crippen LogP contribution in [0.3, 0.4) is 0 Å². The van der Waals surface area contributed by atoms with Crippen molar-refractivity contribution >= 4 is 11.6 Å².